The van der Waals surface area contributed by atoms with Crippen molar-refractivity contribution >= 4 is 23.7 Å². The third kappa shape index (κ3) is 3.43. The van der Waals surface area contributed by atoms with E-state index in [1.54, 1.807) is 6.20 Å². The van der Waals surface area contributed by atoms with E-state index in [4.69, 9.17) is 4.98 Å². The number of benzene rings is 1. The van der Waals surface area contributed by atoms with E-state index in [0.717, 1.165) is 35.0 Å². The van der Waals surface area contributed by atoms with Crippen molar-refractivity contribution in [3.63, 3.8) is 0 Å². The Balaban J connectivity index is 0.00000210. The van der Waals surface area contributed by atoms with Crippen molar-refractivity contribution in [2.24, 2.45) is 0 Å². The molecule has 4 aromatic rings. The zero-order chi connectivity index (χ0) is 18.3. The Morgan fingerprint density at radius 2 is 1.81 bits per heavy atom. The Hall–Kier alpha value is -2.79. The van der Waals surface area contributed by atoms with Crippen molar-refractivity contribution in [3.05, 3.63) is 77.3 Å². The Bertz CT molecular complexity index is 1060. The molecule has 0 unspecified atom stereocenters. The molecule has 0 atom stereocenters. The van der Waals surface area contributed by atoms with E-state index in [2.05, 4.69) is 72.9 Å². The molecule has 1 N–H and O–H groups in total. The maximum Gasteiger partial charge on any atom is 0.160 e. The van der Waals surface area contributed by atoms with Crippen LogP contribution in [0.5, 0.6) is 0 Å². The molecule has 0 fully saturated rings. The number of nitrogens with one attached hydrogen (secondary N) is 1. The van der Waals surface area contributed by atoms with Crippen LogP contribution in [0.15, 0.2) is 49.2 Å². The normalized spacial score (nSPS) is 10.8. The SMILES string of the molecule is Cc1cccc(C)c1CNc1cc(-n2ccnc2)cn2c(C)c(C)nc12.Cl. The molecule has 0 bridgehead atoms. The number of hydrogen-bond acceptors (Lipinski definition) is 3. The number of nitrogens with zero attached hydrogens (tertiary/aromatic N) is 4. The van der Waals surface area contributed by atoms with Gasteiger partial charge in [0.05, 0.1) is 23.4 Å². The first kappa shape index (κ1) is 19.0. The van der Waals surface area contributed by atoms with Gasteiger partial charge in [0.25, 0.3) is 0 Å². The minimum Gasteiger partial charge on any atom is -0.378 e. The Kier molecular flexibility index (Phi) is 5.24. The molecule has 0 aliphatic heterocycles. The summed E-state index contributed by atoms with van der Waals surface area (Å²) in [6.45, 7) is 9.24. The zero-order valence-corrected chi connectivity index (χ0v) is 16.8. The predicted molar refractivity (Wildman–Crippen MR) is 112 cm³/mol. The topological polar surface area (TPSA) is 47.2 Å². The summed E-state index contributed by atoms with van der Waals surface area (Å²) >= 11 is 0. The number of pyridine rings is 1. The fraction of sp³-hybridized carbons (Fsp3) is 0.238. The average molecular weight is 382 g/mol. The van der Waals surface area contributed by atoms with Crippen molar-refractivity contribution in [3.8, 4) is 5.69 Å². The first-order valence-corrected chi connectivity index (χ1v) is 8.81. The van der Waals surface area contributed by atoms with E-state index in [1.165, 1.54) is 16.7 Å². The molecule has 4 rings (SSSR count). The Morgan fingerprint density at radius 1 is 1.07 bits per heavy atom. The molecular formula is C21H24ClN5. The lowest BCUT2D eigenvalue weighted by Gasteiger charge is -2.14. The number of halogens is 1. The minimum atomic E-state index is 0. The van der Waals surface area contributed by atoms with Crippen molar-refractivity contribution in [2.45, 2.75) is 34.2 Å². The number of aryl methyl sites for hydroxylation is 4. The molecule has 1 aromatic carbocycles. The van der Waals surface area contributed by atoms with Gasteiger partial charge in [-0.25, -0.2) is 9.97 Å². The van der Waals surface area contributed by atoms with Crippen LogP contribution >= 0.6 is 12.4 Å². The van der Waals surface area contributed by atoms with E-state index in [1.807, 2.05) is 17.1 Å². The third-order valence-electron chi connectivity index (χ3n) is 5.08. The van der Waals surface area contributed by atoms with E-state index >= 15 is 0 Å². The van der Waals surface area contributed by atoms with Crippen LogP contribution in [-0.4, -0.2) is 18.9 Å². The van der Waals surface area contributed by atoms with Crippen LogP contribution in [-0.2, 0) is 6.54 Å². The number of hydrogen-bond donors (Lipinski definition) is 1. The molecule has 0 aliphatic rings. The molecule has 6 heteroatoms. The van der Waals surface area contributed by atoms with E-state index in [9.17, 15) is 0 Å². The molecule has 27 heavy (non-hydrogen) atoms. The smallest absolute Gasteiger partial charge is 0.160 e. The first-order chi connectivity index (χ1) is 12.5. The predicted octanol–water partition coefficient (Wildman–Crippen LogP) is 4.79. The van der Waals surface area contributed by atoms with Gasteiger partial charge in [0, 0.05) is 30.8 Å². The maximum atomic E-state index is 4.77. The second-order valence-electron chi connectivity index (χ2n) is 6.78. The summed E-state index contributed by atoms with van der Waals surface area (Å²) in [5.41, 5.74) is 9.16. The van der Waals surface area contributed by atoms with Gasteiger partial charge in [0.15, 0.2) is 5.65 Å². The highest BCUT2D eigenvalue weighted by molar-refractivity contribution is 5.85. The van der Waals surface area contributed by atoms with Gasteiger partial charge in [0.2, 0.25) is 0 Å². The van der Waals surface area contributed by atoms with Crippen molar-refractivity contribution in [1.29, 1.82) is 0 Å². The molecule has 5 nitrogen and oxygen atoms in total. The second kappa shape index (κ2) is 7.45. The third-order valence-corrected chi connectivity index (χ3v) is 5.08. The Morgan fingerprint density at radius 3 is 2.48 bits per heavy atom. The van der Waals surface area contributed by atoms with Gasteiger partial charge in [-0.15, -0.1) is 12.4 Å². The van der Waals surface area contributed by atoms with Gasteiger partial charge in [-0.05, 0) is 50.5 Å². The number of imidazole rings is 2. The maximum absolute atomic E-state index is 4.77. The van der Waals surface area contributed by atoms with Crippen molar-refractivity contribution < 1.29 is 0 Å². The van der Waals surface area contributed by atoms with Gasteiger partial charge in [-0.2, -0.15) is 0 Å². The highest BCUT2D eigenvalue weighted by atomic mass is 35.5. The average Bonchev–Trinajstić information content (AvgIpc) is 3.24. The molecule has 0 saturated heterocycles. The van der Waals surface area contributed by atoms with E-state index in [-0.39, 0.29) is 12.4 Å². The van der Waals surface area contributed by atoms with Crippen LogP contribution in [0.25, 0.3) is 11.3 Å². The van der Waals surface area contributed by atoms with Crippen LogP contribution in [0.4, 0.5) is 5.69 Å². The van der Waals surface area contributed by atoms with Crippen LogP contribution in [0.3, 0.4) is 0 Å². The summed E-state index contributed by atoms with van der Waals surface area (Å²) in [5, 5.41) is 3.61. The molecule has 0 amide bonds. The van der Waals surface area contributed by atoms with Gasteiger partial charge >= 0.3 is 0 Å². The quantitative estimate of drug-likeness (QED) is 0.553. The van der Waals surface area contributed by atoms with E-state index < -0.39 is 0 Å². The molecule has 3 aromatic heterocycles. The summed E-state index contributed by atoms with van der Waals surface area (Å²) in [6, 6.07) is 8.56. The number of aromatic nitrogens is 4. The summed E-state index contributed by atoms with van der Waals surface area (Å²) in [5.74, 6) is 0. The van der Waals surface area contributed by atoms with Crippen molar-refractivity contribution in [1.82, 2.24) is 18.9 Å². The monoisotopic (exact) mass is 381 g/mol. The van der Waals surface area contributed by atoms with Crippen LogP contribution in [0, 0.1) is 27.7 Å². The number of anilines is 1. The van der Waals surface area contributed by atoms with Crippen molar-refractivity contribution in [2.75, 3.05) is 5.32 Å². The number of fused-ring (bicyclic) bond motifs is 1. The summed E-state index contributed by atoms with van der Waals surface area (Å²) < 4.78 is 4.16. The Labute approximate surface area is 165 Å². The standard InChI is InChI=1S/C21H23N5.ClH/c1-14-6-5-7-15(2)19(14)11-23-20-10-18(25-9-8-22-13-25)12-26-17(4)16(3)24-21(20)26;/h5-10,12-13,23H,11H2,1-4H3;1H. The summed E-state index contributed by atoms with van der Waals surface area (Å²) in [4.78, 5) is 8.94. The fourth-order valence-corrected chi connectivity index (χ4v) is 3.35. The van der Waals surface area contributed by atoms with Gasteiger partial charge in [-0.1, -0.05) is 18.2 Å². The van der Waals surface area contributed by atoms with Gasteiger partial charge in [0.1, 0.15) is 0 Å². The minimum absolute atomic E-state index is 0. The highest BCUT2D eigenvalue weighted by Gasteiger charge is 2.12. The zero-order valence-electron chi connectivity index (χ0n) is 16.0. The van der Waals surface area contributed by atoms with Gasteiger partial charge < -0.3 is 14.3 Å². The molecule has 140 valence electrons. The summed E-state index contributed by atoms with van der Waals surface area (Å²) in [6.07, 6.45) is 7.67. The fourth-order valence-electron chi connectivity index (χ4n) is 3.35. The van der Waals surface area contributed by atoms with Crippen LogP contribution in [0.1, 0.15) is 28.1 Å². The largest absolute Gasteiger partial charge is 0.378 e. The highest BCUT2D eigenvalue weighted by Crippen LogP contribution is 2.25. The first-order valence-electron chi connectivity index (χ1n) is 8.81. The molecule has 0 radical (unpaired) electrons. The molecular weight excluding hydrogens is 358 g/mol. The van der Waals surface area contributed by atoms with Crippen LogP contribution < -0.4 is 5.32 Å². The number of rotatable bonds is 4. The lowest BCUT2D eigenvalue weighted by molar-refractivity contribution is 1.000. The van der Waals surface area contributed by atoms with Gasteiger partial charge in [-0.3, -0.25) is 0 Å². The second-order valence-corrected chi connectivity index (χ2v) is 6.78. The van der Waals surface area contributed by atoms with E-state index in [0.29, 0.717) is 0 Å². The summed E-state index contributed by atoms with van der Waals surface area (Å²) in [7, 11) is 0. The van der Waals surface area contributed by atoms with Crippen LogP contribution in [0.2, 0.25) is 0 Å². The lowest BCUT2D eigenvalue weighted by atomic mass is 10.0. The molecule has 0 spiro atoms. The molecule has 0 saturated carbocycles. The lowest BCUT2D eigenvalue weighted by Crippen LogP contribution is -2.06. The molecule has 3 heterocycles. The molecule has 0 aliphatic carbocycles.